The average Bonchev–Trinajstić information content (AvgIpc) is 3.00. The summed E-state index contributed by atoms with van der Waals surface area (Å²) in [6, 6.07) is 14.5. The number of nitrogens with zero attached hydrogens (tertiary/aromatic N) is 2. The van der Waals surface area contributed by atoms with Crippen LogP contribution in [0.5, 0.6) is 17.2 Å². The van der Waals surface area contributed by atoms with E-state index in [1.54, 1.807) is 44.2 Å². The van der Waals surface area contributed by atoms with Crippen molar-refractivity contribution in [2.24, 2.45) is 0 Å². The maximum Gasteiger partial charge on any atom is 0.265 e. The first-order valence-electron chi connectivity index (χ1n) is 13.4. The normalized spacial score (nSPS) is 11.8. The van der Waals surface area contributed by atoms with Crippen LogP contribution in [0.3, 0.4) is 0 Å². The van der Waals surface area contributed by atoms with Gasteiger partial charge in [-0.05, 0) is 61.4 Å². The van der Waals surface area contributed by atoms with Crippen molar-refractivity contribution in [3.05, 3.63) is 76.3 Å². The minimum absolute atomic E-state index is 0.0303. The lowest BCUT2D eigenvalue weighted by Gasteiger charge is -2.33. The highest BCUT2D eigenvalue weighted by molar-refractivity contribution is 7.92. The smallest absolute Gasteiger partial charge is 0.265 e. The van der Waals surface area contributed by atoms with Crippen LogP contribution in [0, 0.1) is 0 Å². The summed E-state index contributed by atoms with van der Waals surface area (Å²) >= 11 is 12.4. The van der Waals surface area contributed by atoms with Crippen LogP contribution in [-0.2, 0) is 26.2 Å². The molecule has 1 atom stereocenters. The van der Waals surface area contributed by atoms with Crippen LogP contribution in [0.4, 0.5) is 5.69 Å². The van der Waals surface area contributed by atoms with Gasteiger partial charge in [-0.3, -0.25) is 13.9 Å². The summed E-state index contributed by atoms with van der Waals surface area (Å²) in [5.74, 6) is -0.312. The van der Waals surface area contributed by atoms with Crippen LogP contribution < -0.4 is 23.8 Å². The van der Waals surface area contributed by atoms with E-state index in [0.29, 0.717) is 22.9 Å². The quantitative estimate of drug-likeness (QED) is 0.256. The Bertz CT molecular complexity index is 1540. The van der Waals surface area contributed by atoms with E-state index >= 15 is 0 Å². The number of halogens is 2. The Morgan fingerprint density at radius 2 is 1.44 bits per heavy atom. The number of rotatable bonds is 14. The van der Waals surface area contributed by atoms with Gasteiger partial charge in [-0.25, -0.2) is 8.42 Å². The van der Waals surface area contributed by atoms with Crippen LogP contribution >= 0.6 is 23.2 Å². The summed E-state index contributed by atoms with van der Waals surface area (Å²) in [4.78, 5) is 28.5. The second-order valence-corrected chi connectivity index (χ2v) is 12.0. The molecule has 0 aliphatic heterocycles. The van der Waals surface area contributed by atoms with Gasteiger partial charge in [0.2, 0.25) is 11.8 Å². The van der Waals surface area contributed by atoms with E-state index in [-0.39, 0.29) is 46.0 Å². The van der Waals surface area contributed by atoms with Crippen molar-refractivity contribution in [3.63, 3.8) is 0 Å². The topological polar surface area (TPSA) is 114 Å². The molecule has 0 saturated carbocycles. The number of methoxy groups -OCH3 is 3. The Kier molecular flexibility index (Phi) is 11.9. The number of amides is 2. The van der Waals surface area contributed by atoms with Gasteiger partial charge in [-0.1, -0.05) is 42.3 Å². The number of benzene rings is 3. The third-order valence-electron chi connectivity index (χ3n) is 6.63. The molecule has 0 saturated heterocycles. The Hall–Kier alpha value is -3.67. The van der Waals surface area contributed by atoms with E-state index in [2.05, 4.69) is 5.32 Å². The lowest BCUT2D eigenvalue weighted by atomic mass is 10.1. The van der Waals surface area contributed by atoms with Crippen molar-refractivity contribution in [2.75, 3.05) is 38.7 Å². The van der Waals surface area contributed by atoms with Gasteiger partial charge >= 0.3 is 0 Å². The van der Waals surface area contributed by atoms with E-state index in [9.17, 15) is 18.0 Å². The average molecular weight is 653 g/mol. The molecule has 0 radical (unpaired) electrons. The predicted molar refractivity (Wildman–Crippen MR) is 167 cm³/mol. The van der Waals surface area contributed by atoms with Crippen LogP contribution in [0.1, 0.15) is 25.8 Å². The molecule has 3 aromatic rings. The first kappa shape index (κ1) is 33.8. The molecule has 3 aromatic carbocycles. The number of likely N-dealkylation sites (N-methyl/N-ethyl adjacent to an activating group) is 1. The first-order chi connectivity index (χ1) is 20.5. The highest BCUT2D eigenvalue weighted by Gasteiger charge is 2.35. The fourth-order valence-corrected chi connectivity index (χ4v) is 6.20. The number of carbonyl (C=O) groups is 2. The molecule has 0 aliphatic carbocycles. The molecule has 13 heteroatoms. The number of sulfonamides is 1. The third-order valence-corrected chi connectivity index (χ3v) is 8.88. The number of carbonyl (C=O) groups excluding carboxylic acids is 2. The molecule has 0 unspecified atom stereocenters. The first-order valence-corrected chi connectivity index (χ1v) is 15.6. The van der Waals surface area contributed by atoms with Crippen LogP contribution in [0.15, 0.2) is 65.6 Å². The Morgan fingerprint density at radius 1 is 0.837 bits per heavy atom. The van der Waals surface area contributed by atoms with Crippen LogP contribution in [0.25, 0.3) is 0 Å². The van der Waals surface area contributed by atoms with E-state index < -0.39 is 28.5 Å². The maximum absolute atomic E-state index is 14.3. The standard InChI is InChI=1S/C30H35Cl2N3O7S/c1-6-24(30(37)33-7-2)34(18-20-8-10-21(31)11-9-20)29(36)19-35(25-16-22(32)12-14-26(25)40-3)43(38,39)23-13-15-27(41-4)28(17-23)42-5/h8-17,24H,6-7,18-19H2,1-5H3,(H,33,37)/t24-/m1/s1. The summed E-state index contributed by atoms with van der Waals surface area (Å²) < 4.78 is 45.5. The molecular formula is C30H35Cl2N3O7S. The third kappa shape index (κ3) is 8.04. The van der Waals surface area contributed by atoms with Crippen molar-refractivity contribution in [1.29, 1.82) is 0 Å². The molecule has 3 rings (SSSR count). The molecule has 0 aliphatic rings. The van der Waals surface area contributed by atoms with E-state index in [0.717, 1.165) is 4.31 Å². The summed E-state index contributed by atoms with van der Waals surface area (Å²) in [6.07, 6.45) is 0.286. The monoisotopic (exact) mass is 651 g/mol. The fourth-order valence-electron chi connectivity index (χ4n) is 4.47. The molecule has 0 spiro atoms. The van der Waals surface area contributed by atoms with Gasteiger partial charge in [0.15, 0.2) is 11.5 Å². The summed E-state index contributed by atoms with van der Waals surface area (Å²) in [6.45, 7) is 3.27. The lowest BCUT2D eigenvalue weighted by molar-refractivity contribution is -0.140. The van der Waals surface area contributed by atoms with E-state index in [1.807, 2.05) is 0 Å². The van der Waals surface area contributed by atoms with Gasteiger partial charge < -0.3 is 24.4 Å². The highest BCUT2D eigenvalue weighted by Crippen LogP contribution is 2.37. The Labute approximate surface area is 262 Å². The highest BCUT2D eigenvalue weighted by atomic mass is 35.5. The van der Waals surface area contributed by atoms with Crippen molar-refractivity contribution in [3.8, 4) is 17.2 Å². The van der Waals surface area contributed by atoms with Gasteiger partial charge in [-0.2, -0.15) is 0 Å². The van der Waals surface area contributed by atoms with Crippen molar-refractivity contribution >= 4 is 50.7 Å². The number of hydrogen-bond donors (Lipinski definition) is 1. The number of hydrogen-bond acceptors (Lipinski definition) is 7. The van der Waals surface area contributed by atoms with Gasteiger partial charge in [0.1, 0.15) is 18.3 Å². The number of anilines is 1. The van der Waals surface area contributed by atoms with Gasteiger partial charge in [0, 0.05) is 29.2 Å². The second kappa shape index (κ2) is 15.2. The zero-order valence-corrected chi connectivity index (χ0v) is 26.9. The number of nitrogens with one attached hydrogen (secondary N) is 1. The van der Waals surface area contributed by atoms with Crippen molar-refractivity contribution in [1.82, 2.24) is 10.2 Å². The maximum atomic E-state index is 14.3. The van der Waals surface area contributed by atoms with Crippen LogP contribution in [-0.4, -0.2) is 65.6 Å². The van der Waals surface area contributed by atoms with Gasteiger partial charge in [0.05, 0.1) is 31.9 Å². The summed E-state index contributed by atoms with van der Waals surface area (Å²) in [5.41, 5.74) is 0.741. The molecule has 2 amide bonds. The predicted octanol–water partition coefficient (Wildman–Crippen LogP) is 5.16. The van der Waals surface area contributed by atoms with Crippen molar-refractivity contribution < 1.29 is 32.2 Å². The molecule has 0 aromatic heterocycles. The van der Waals surface area contributed by atoms with Gasteiger partial charge in [0.25, 0.3) is 10.0 Å². The SMILES string of the molecule is CCNC(=O)[C@@H](CC)N(Cc1ccc(Cl)cc1)C(=O)CN(c1cc(Cl)ccc1OC)S(=O)(=O)c1ccc(OC)c(OC)c1. The second-order valence-electron chi connectivity index (χ2n) is 9.31. The molecular weight excluding hydrogens is 617 g/mol. The molecule has 10 nitrogen and oxygen atoms in total. The molecule has 0 heterocycles. The summed E-state index contributed by atoms with van der Waals surface area (Å²) in [5, 5.41) is 3.50. The van der Waals surface area contributed by atoms with E-state index in [4.69, 9.17) is 37.4 Å². The zero-order chi connectivity index (χ0) is 31.7. The van der Waals surface area contributed by atoms with Crippen molar-refractivity contribution in [2.45, 2.75) is 37.8 Å². The molecule has 43 heavy (non-hydrogen) atoms. The zero-order valence-electron chi connectivity index (χ0n) is 24.6. The minimum Gasteiger partial charge on any atom is -0.495 e. The fraction of sp³-hybridized carbons (Fsp3) is 0.333. The minimum atomic E-state index is -4.44. The molecule has 1 N–H and O–H groups in total. The molecule has 232 valence electrons. The van der Waals surface area contributed by atoms with Gasteiger partial charge in [-0.15, -0.1) is 0 Å². The molecule has 0 bridgehead atoms. The molecule has 0 fully saturated rings. The van der Waals surface area contributed by atoms with E-state index in [1.165, 1.54) is 56.6 Å². The largest absolute Gasteiger partial charge is 0.495 e. The lowest BCUT2D eigenvalue weighted by Crippen LogP contribution is -2.52. The summed E-state index contributed by atoms with van der Waals surface area (Å²) in [7, 11) is -0.240. The van der Waals surface area contributed by atoms with Crippen LogP contribution in [0.2, 0.25) is 10.0 Å². The number of ether oxygens (including phenoxy) is 3. The Morgan fingerprint density at radius 3 is 2.02 bits per heavy atom. The Balaban J connectivity index is 2.17.